The van der Waals surface area contributed by atoms with Crippen LogP contribution in [0.25, 0.3) is 11.2 Å². The number of aromatic nitrogens is 4. The molecule has 1 fully saturated rings. The number of imidazole rings is 1. The average molecular weight is 308 g/mol. The smallest absolute Gasteiger partial charge is 0.278 e. The number of aromatic amines is 1. The van der Waals surface area contributed by atoms with Crippen molar-refractivity contribution in [2.75, 3.05) is 0 Å². The monoisotopic (exact) mass is 308 g/mol. The number of rotatable bonds is 3. The van der Waals surface area contributed by atoms with E-state index < -0.39 is 29.1 Å². The Morgan fingerprint density at radius 1 is 1.41 bits per heavy atom. The first-order chi connectivity index (χ1) is 10.4. The molecule has 22 heavy (non-hydrogen) atoms. The van der Waals surface area contributed by atoms with Crippen molar-refractivity contribution in [2.45, 2.75) is 30.5 Å². The Morgan fingerprint density at radius 3 is 2.77 bits per heavy atom. The summed E-state index contributed by atoms with van der Waals surface area (Å²) >= 11 is 0. The minimum Gasteiger partial charge on any atom is -0.387 e. The highest BCUT2D eigenvalue weighted by molar-refractivity contribution is 5.80. The summed E-state index contributed by atoms with van der Waals surface area (Å²) in [5.41, 5.74) is -5.56. The molecule has 0 spiro atoms. The highest BCUT2D eigenvalue weighted by atomic mass is 16.6. The van der Waals surface area contributed by atoms with Gasteiger partial charge in [-0.1, -0.05) is 0 Å². The van der Waals surface area contributed by atoms with Crippen LogP contribution in [0.3, 0.4) is 0 Å². The molecule has 0 radical (unpaired) electrons. The maximum Gasteiger partial charge on any atom is 0.278 e. The zero-order chi connectivity index (χ0) is 16.1. The van der Waals surface area contributed by atoms with E-state index in [1.165, 1.54) is 6.92 Å². The molecule has 116 valence electrons. The van der Waals surface area contributed by atoms with E-state index in [1.54, 1.807) is 0 Å². The third-order valence-corrected chi connectivity index (χ3v) is 3.87. The standard InChI is InChI=1S/C12H12N4O6/c1-6-8(19)11(21,2-17)12(3-18,22-6)16-5-15-7-9(16)13-4-14-10(7)20/h2-6,8,19,21H,1H3,(H,13,14,20). The van der Waals surface area contributed by atoms with Crippen LogP contribution in [0.4, 0.5) is 0 Å². The van der Waals surface area contributed by atoms with Gasteiger partial charge in [0.15, 0.2) is 23.7 Å². The van der Waals surface area contributed by atoms with E-state index in [2.05, 4.69) is 15.0 Å². The number of ether oxygens (including phenoxy) is 1. The van der Waals surface area contributed by atoms with Gasteiger partial charge in [-0.2, -0.15) is 0 Å². The van der Waals surface area contributed by atoms with Gasteiger partial charge in [0.2, 0.25) is 11.3 Å². The van der Waals surface area contributed by atoms with Crippen LogP contribution in [0.1, 0.15) is 6.92 Å². The first-order valence-corrected chi connectivity index (χ1v) is 6.33. The molecule has 1 aliphatic rings. The topological polar surface area (TPSA) is 147 Å². The van der Waals surface area contributed by atoms with Crippen molar-refractivity contribution >= 4 is 23.7 Å². The van der Waals surface area contributed by atoms with Crippen LogP contribution >= 0.6 is 0 Å². The van der Waals surface area contributed by atoms with Crippen molar-refractivity contribution in [1.82, 2.24) is 19.5 Å². The second-order valence-electron chi connectivity index (χ2n) is 5.04. The molecule has 0 amide bonds. The first kappa shape index (κ1) is 14.5. The molecular formula is C12H12N4O6. The number of carbonyl (C=O) groups is 2. The number of carbonyl (C=O) groups excluding carboxylic acids is 2. The van der Waals surface area contributed by atoms with Gasteiger partial charge >= 0.3 is 0 Å². The SMILES string of the molecule is CC1OC(C=O)(n2cnc3c(=O)[nH]cnc32)C(O)(C=O)C1O. The summed E-state index contributed by atoms with van der Waals surface area (Å²) in [5, 5.41) is 20.5. The van der Waals surface area contributed by atoms with Crippen molar-refractivity contribution < 1.29 is 24.5 Å². The second-order valence-corrected chi connectivity index (χ2v) is 5.04. The average Bonchev–Trinajstić information content (AvgIpc) is 3.03. The fraction of sp³-hybridized carbons (Fsp3) is 0.417. The van der Waals surface area contributed by atoms with Crippen molar-refractivity contribution in [1.29, 1.82) is 0 Å². The molecule has 3 N–H and O–H groups in total. The molecule has 0 saturated carbocycles. The number of aliphatic hydroxyl groups excluding tert-OH is 1. The Morgan fingerprint density at radius 2 is 2.14 bits per heavy atom. The van der Waals surface area contributed by atoms with Gasteiger partial charge < -0.3 is 19.9 Å². The summed E-state index contributed by atoms with van der Waals surface area (Å²) in [6.45, 7) is 1.39. The number of aldehydes is 2. The number of H-pyrrole nitrogens is 1. The molecule has 4 atom stereocenters. The van der Waals surface area contributed by atoms with E-state index in [0.29, 0.717) is 0 Å². The molecule has 2 aromatic rings. The minimum absolute atomic E-state index is 0.0363. The lowest BCUT2D eigenvalue weighted by molar-refractivity contribution is -0.184. The third-order valence-electron chi connectivity index (χ3n) is 3.87. The minimum atomic E-state index is -2.55. The molecule has 2 aromatic heterocycles. The van der Waals surface area contributed by atoms with Gasteiger partial charge in [0.05, 0.1) is 12.4 Å². The van der Waals surface area contributed by atoms with Crippen LogP contribution in [0.15, 0.2) is 17.4 Å². The quantitative estimate of drug-likeness (QED) is 0.535. The van der Waals surface area contributed by atoms with Crippen LogP contribution in [0, 0.1) is 0 Å². The highest BCUT2D eigenvalue weighted by Gasteiger charge is 2.66. The van der Waals surface area contributed by atoms with Gasteiger partial charge in [0.1, 0.15) is 12.4 Å². The Labute approximate surface area is 122 Å². The largest absolute Gasteiger partial charge is 0.387 e. The molecule has 10 nitrogen and oxygen atoms in total. The molecule has 0 aliphatic carbocycles. The van der Waals surface area contributed by atoms with Gasteiger partial charge in [-0.3, -0.25) is 19.0 Å². The van der Waals surface area contributed by atoms with Gasteiger partial charge in [-0.15, -0.1) is 0 Å². The number of fused-ring (bicyclic) bond motifs is 1. The summed E-state index contributed by atoms with van der Waals surface area (Å²) in [6, 6.07) is 0. The second kappa shape index (κ2) is 4.53. The Bertz CT molecular complexity index is 815. The lowest BCUT2D eigenvalue weighted by Crippen LogP contribution is -2.59. The summed E-state index contributed by atoms with van der Waals surface area (Å²) in [5.74, 6) is 0. The van der Waals surface area contributed by atoms with E-state index in [-0.39, 0.29) is 23.7 Å². The molecule has 4 unspecified atom stereocenters. The normalized spacial score (nSPS) is 34.9. The first-order valence-electron chi connectivity index (χ1n) is 6.33. The predicted octanol–water partition coefficient (Wildman–Crippen LogP) is -2.32. The fourth-order valence-electron chi connectivity index (χ4n) is 2.68. The van der Waals surface area contributed by atoms with Gasteiger partial charge in [-0.25, -0.2) is 9.97 Å². The van der Waals surface area contributed by atoms with Gasteiger partial charge in [-0.05, 0) is 6.92 Å². The van der Waals surface area contributed by atoms with Crippen molar-refractivity contribution in [3.05, 3.63) is 23.0 Å². The molecular weight excluding hydrogens is 296 g/mol. The molecule has 3 heterocycles. The molecule has 10 heteroatoms. The third kappa shape index (κ3) is 1.51. The number of aliphatic hydroxyl groups is 2. The molecule has 0 aromatic carbocycles. The van der Waals surface area contributed by atoms with Crippen LogP contribution < -0.4 is 5.56 Å². The predicted molar refractivity (Wildman–Crippen MR) is 69.8 cm³/mol. The van der Waals surface area contributed by atoms with Crippen molar-refractivity contribution in [3.63, 3.8) is 0 Å². The Kier molecular flexibility index (Phi) is 2.99. The lowest BCUT2D eigenvalue weighted by Gasteiger charge is -2.34. The highest BCUT2D eigenvalue weighted by Crippen LogP contribution is 2.42. The summed E-state index contributed by atoms with van der Waals surface area (Å²) in [7, 11) is 0. The van der Waals surface area contributed by atoms with Crippen LogP contribution in [-0.2, 0) is 20.1 Å². The van der Waals surface area contributed by atoms with E-state index >= 15 is 0 Å². The molecule has 0 bridgehead atoms. The maximum atomic E-state index is 11.7. The van der Waals surface area contributed by atoms with Gasteiger partial charge in [0.25, 0.3) is 5.56 Å². The number of hydrogen-bond donors (Lipinski definition) is 3. The Hall–Kier alpha value is -2.43. The molecule has 1 aliphatic heterocycles. The van der Waals surface area contributed by atoms with E-state index in [9.17, 15) is 24.6 Å². The molecule has 1 saturated heterocycles. The lowest BCUT2D eigenvalue weighted by atomic mass is 9.88. The maximum absolute atomic E-state index is 11.7. The zero-order valence-electron chi connectivity index (χ0n) is 11.3. The molecule has 3 rings (SSSR count). The van der Waals surface area contributed by atoms with Crippen LogP contribution in [0.5, 0.6) is 0 Å². The van der Waals surface area contributed by atoms with E-state index in [4.69, 9.17) is 4.74 Å². The van der Waals surface area contributed by atoms with E-state index in [0.717, 1.165) is 17.2 Å². The number of nitrogens with one attached hydrogen (secondary N) is 1. The zero-order valence-corrected chi connectivity index (χ0v) is 11.3. The van der Waals surface area contributed by atoms with Gasteiger partial charge in [0, 0.05) is 0 Å². The number of hydrogen-bond acceptors (Lipinski definition) is 8. The summed E-state index contributed by atoms with van der Waals surface area (Å²) in [6.07, 6.45) is -0.321. The summed E-state index contributed by atoms with van der Waals surface area (Å²) in [4.78, 5) is 44.8. The van der Waals surface area contributed by atoms with Crippen LogP contribution in [0.2, 0.25) is 0 Å². The summed E-state index contributed by atoms with van der Waals surface area (Å²) < 4.78 is 6.34. The van der Waals surface area contributed by atoms with Crippen molar-refractivity contribution in [2.24, 2.45) is 0 Å². The fourth-order valence-corrected chi connectivity index (χ4v) is 2.68. The van der Waals surface area contributed by atoms with Crippen LogP contribution in [-0.4, -0.2) is 60.1 Å². The van der Waals surface area contributed by atoms with E-state index in [1.807, 2.05) is 0 Å². The Balaban J connectivity index is 2.35. The number of nitrogens with zero attached hydrogens (tertiary/aromatic N) is 3. The van der Waals surface area contributed by atoms with Crippen molar-refractivity contribution in [3.8, 4) is 0 Å².